The van der Waals surface area contributed by atoms with E-state index in [0.717, 1.165) is 0 Å². The third-order valence-corrected chi connectivity index (χ3v) is 2.48. The number of hydrogen-bond donors (Lipinski definition) is 2. The Labute approximate surface area is 102 Å². The van der Waals surface area contributed by atoms with Crippen LogP contribution in [0, 0.1) is 6.92 Å². The van der Waals surface area contributed by atoms with Gasteiger partial charge < -0.3 is 16.3 Å². The van der Waals surface area contributed by atoms with E-state index in [0.29, 0.717) is 17.1 Å². The second-order valence-electron chi connectivity index (χ2n) is 3.64. The number of aromatic nitrogens is 2. The Hall–Kier alpha value is -2.31. The number of nitrogen functional groups attached to an aromatic ring is 2. The average Bonchev–Trinajstić information content (AvgIpc) is 2.57. The van der Waals surface area contributed by atoms with E-state index in [2.05, 4.69) is 9.72 Å². The maximum atomic E-state index is 12.3. The minimum atomic E-state index is -2.91. The number of ether oxygens (including phenoxy) is 1. The number of anilines is 1. The molecule has 1 aromatic carbocycles. The summed E-state index contributed by atoms with van der Waals surface area (Å²) in [4.78, 5) is 4.14. The lowest BCUT2D eigenvalue weighted by Crippen LogP contribution is -2.13. The van der Waals surface area contributed by atoms with Gasteiger partial charge in [0.25, 0.3) is 0 Å². The maximum absolute atomic E-state index is 12.3. The zero-order chi connectivity index (χ0) is 13.3. The van der Waals surface area contributed by atoms with Crippen LogP contribution in [0.4, 0.5) is 14.6 Å². The molecule has 0 fully saturated rings. The van der Waals surface area contributed by atoms with Gasteiger partial charge in [-0.05, 0) is 19.1 Å². The first kappa shape index (κ1) is 12.2. The summed E-state index contributed by atoms with van der Waals surface area (Å²) in [5.41, 5.74) is 6.47. The van der Waals surface area contributed by atoms with Crippen molar-refractivity contribution in [2.75, 3.05) is 11.6 Å². The van der Waals surface area contributed by atoms with Crippen LogP contribution in [0.1, 0.15) is 5.82 Å². The first-order valence-electron chi connectivity index (χ1n) is 5.14. The summed E-state index contributed by atoms with van der Waals surface area (Å²) in [6.45, 7) is -1.25. The minimum absolute atomic E-state index is 0.0114. The Balaban J connectivity index is 2.53. The van der Waals surface area contributed by atoms with Gasteiger partial charge in [0.05, 0.1) is 0 Å². The van der Waals surface area contributed by atoms with Crippen LogP contribution in [-0.4, -0.2) is 16.3 Å². The van der Waals surface area contributed by atoms with Gasteiger partial charge >= 0.3 is 6.61 Å². The molecular formula is C11H12F2N4O. The number of rotatable bonds is 3. The third kappa shape index (κ3) is 2.06. The number of nitrogens with zero attached hydrogens (tertiary/aromatic N) is 2. The van der Waals surface area contributed by atoms with Crippen LogP contribution in [0.5, 0.6) is 5.75 Å². The molecule has 1 aromatic heterocycles. The number of nitrogens with two attached hydrogens (primary N) is 2. The molecule has 0 aliphatic carbocycles. The number of alkyl halides is 2. The highest BCUT2D eigenvalue weighted by Gasteiger charge is 2.17. The van der Waals surface area contributed by atoms with Crippen LogP contribution < -0.4 is 16.3 Å². The summed E-state index contributed by atoms with van der Waals surface area (Å²) in [6.07, 6.45) is 0. The lowest BCUT2D eigenvalue weighted by Gasteiger charge is -2.09. The average molecular weight is 254 g/mol. The fraction of sp³-hybridized carbons (Fsp3) is 0.182. The lowest BCUT2D eigenvalue weighted by molar-refractivity contribution is -0.0494. The van der Waals surface area contributed by atoms with Crippen molar-refractivity contribution in [3.8, 4) is 17.0 Å². The van der Waals surface area contributed by atoms with E-state index in [9.17, 15) is 8.78 Å². The molecule has 5 nitrogen and oxygen atoms in total. The number of para-hydroxylation sites is 1. The summed E-state index contributed by atoms with van der Waals surface area (Å²) < 4.78 is 30.2. The molecule has 0 aliphatic rings. The molecule has 2 rings (SSSR count). The van der Waals surface area contributed by atoms with Crippen molar-refractivity contribution in [3.05, 3.63) is 30.1 Å². The Morgan fingerprint density at radius 1 is 1.33 bits per heavy atom. The van der Waals surface area contributed by atoms with E-state index < -0.39 is 6.61 Å². The second-order valence-corrected chi connectivity index (χ2v) is 3.64. The van der Waals surface area contributed by atoms with Crippen LogP contribution in [0.2, 0.25) is 0 Å². The van der Waals surface area contributed by atoms with Crippen LogP contribution in [-0.2, 0) is 0 Å². The van der Waals surface area contributed by atoms with Gasteiger partial charge in [0, 0.05) is 5.56 Å². The van der Waals surface area contributed by atoms with Crippen molar-refractivity contribution in [2.45, 2.75) is 13.5 Å². The van der Waals surface area contributed by atoms with Gasteiger partial charge in [-0.1, -0.05) is 12.1 Å². The summed E-state index contributed by atoms with van der Waals surface area (Å²) >= 11 is 0. The molecule has 0 spiro atoms. The van der Waals surface area contributed by atoms with Crippen LogP contribution in [0.25, 0.3) is 11.3 Å². The molecule has 7 heteroatoms. The molecule has 0 atom stereocenters. The van der Waals surface area contributed by atoms with Crippen LogP contribution in [0.15, 0.2) is 24.3 Å². The van der Waals surface area contributed by atoms with Gasteiger partial charge in [0.15, 0.2) is 5.82 Å². The summed E-state index contributed by atoms with van der Waals surface area (Å²) in [5, 5.41) is 0. The number of benzene rings is 1. The molecule has 4 N–H and O–H groups in total. The first-order chi connectivity index (χ1) is 8.50. The third-order valence-electron chi connectivity index (χ3n) is 2.48. The van der Waals surface area contributed by atoms with E-state index in [4.69, 9.17) is 11.6 Å². The molecule has 0 bridgehead atoms. The molecule has 0 saturated heterocycles. The monoisotopic (exact) mass is 254 g/mol. The number of aryl methyl sites for hydroxylation is 1. The highest BCUT2D eigenvalue weighted by molar-refractivity contribution is 5.76. The predicted molar refractivity (Wildman–Crippen MR) is 63.6 cm³/mol. The molecule has 18 heavy (non-hydrogen) atoms. The minimum Gasteiger partial charge on any atom is -0.434 e. The summed E-state index contributed by atoms with van der Waals surface area (Å²) in [6, 6.07) is 6.28. The van der Waals surface area contributed by atoms with Gasteiger partial charge in [0.1, 0.15) is 17.3 Å². The Morgan fingerprint density at radius 2 is 2.00 bits per heavy atom. The SMILES string of the molecule is Cc1nc(-c2ccccc2OC(F)F)c(N)n1N. The van der Waals surface area contributed by atoms with Crippen LogP contribution >= 0.6 is 0 Å². The Bertz CT molecular complexity index is 568. The molecule has 0 saturated carbocycles. The topological polar surface area (TPSA) is 79.1 Å². The molecule has 96 valence electrons. The quantitative estimate of drug-likeness (QED) is 0.818. The smallest absolute Gasteiger partial charge is 0.387 e. The van der Waals surface area contributed by atoms with Gasteiger partial charge in [-0.2, -0.15) is 8.78 Å². The van der Waals surface area contributed by atoms with Crippen molar-refractivity contribution in [2.24, 2.45) is 0 Å². The maximum Gasteiger partial charge on any atom is 0.387 e. The zero-order valence-corrected chi connectivity index (χ0v) is 9.60. The van der Waals surface area contributed by atoms with Gasteiger partial charge in [-0.25, -0.2) is 9.66 Å². The summed E-state index contributed by atoms with van der Waals surface area (Å²) in [5.74, 6) is 6.32. The molecule has 2 aromatic rings. The zero-order valence-electron chi connectivity index (χ0n) is 9.60. The van der Waals surface area contributed by atoms with Gasteiger partial charge in [-0.15, -0.1) is 0 Å². The Morgan fingerprint density at radius 3 is 2.56 bits per heavy atom. The van der Waals surface area contributed by atoms with E-state index in [1.165, 1.54) is 10.7 Å². The largest absolute Gasteiger partial charge is 0.434 e. The summed E-state index contributed by atoms with van der Waals surface area (Å²) in [7, 11) is 0. The first-order valence-corrected chi connectivity index (χ1v) is 5.14. The van der Waals surface area contributed by atoms with E-state index in [1.54, 1.807) is 25.1 Å². The van der Waals surface area contributed by atoms with Crippen molar-refractivity contribution in [3.63, 3.8) is 0 Å². The van der Waals surface area contributed by atoms with Crippen molar-refractivity contribution >= 4 is 5.82 Å². The van der Waals surface area contributed by atoms with E-state index >= 15 is 0 Å². The normalized spacial score (nSPS) is 10.9. The fourth-order valence-corrected chi connectivity index (χ4v) is 1.62. The standard InChI is InChI=1S/C11H12F2N4O/c1-6-16-9(10(14)17(6)15)7-4-2-3-5-8(7)18-11(12)13/h2-5,11H,14-15H2,1H3. The van der Waals surface area contributed by atoms with E-state index in [-0.39, 0.29) is 11.6 Å². The molecule has 0 amide bonds. The second kappa shape index (κ2) is 4.52. The lowest BCUT2D eigenvalue weighted by atomic mass is 10.1. The number of imidazole rings is 1. The molecular weight excluding hydrogens is 242 g/mol. The Kier molecular flexibility index (Phi) is 3.05. The van der Waals surface area contributed by atoms with Gasteiger partial charge in [0.2, 0.25) is 0 Å². The van der Waals surface area contributed by atoms with E-state index in [1.807, 2.05) is 0 Å². The number of hydrogen-bond acceptors (Lipinski definition) is 4. The number of halogens is 2. The van der Waals surface area contributed by atoms with Crippen molar-refractivity contribution in [1.82, 2.24) is 9.66 Å². The predicted octanol–water partition coefficient (Wildman–Crippen LogP) is 1.76. The highest BCUT2D eigenvalue weighted by Crippen LogP contribution is 2.33. The highest BCUT2D eigenvalue weighted by atomic mass is 19.3. The van der Waals surface area contributed by atoms with Crippen molar-refractivity contribution in [1.29, 1.82) is 0 Å². The molecule has 0 unspecified atom stereocenters. The van der Waals surface area contributed by atoms with Crippen LogP contribution in [0.3, 0.4) is 0 Å². The molecule has 0 radical (unpaired) electrons. The molecule has 0 aliphatic heterocycles. The molecule has 1 heterocycles. The fourth-order valence-electron chi connectivity index (χ4n) is 1.62. The van der Waals surface area contributed by atoms with Crippen molar-refractivity contribution < 1.29 is 13.5 Å². The van der Waals surface area contributed by atoms with Gasteiger partial charge in [-0.3, -0.25) is 0 Å².